The molecule has 0 atom stereocenters. The highest BCUT2D eigenvalue weighted by Gasteiger charge is 2.21. The molecule has 0 aromatic carbocycles. The molecule has 0 bridgehead atoms. The van der Waals surface area contributed by atoms with Crippen LogP contribution in [0.5, 0.6) is 0 Å². The lowest BCUT2D eigenvalue weighted by molar-refractivity contribution is 0.416. The minimum absolute atomic E-state index is 0.647. The molecule has 0 radical (unpaired) electrons. The van der Waals surface area contributed by atoms with Crippen LogP contribution in [0.25, 0.3) is 0 Å². The minimum Gasteiger partial charge on any atom is -0.354 e. The van der Waals surface area contributed by atoms with E-state index in [1.54, 1.807) is 0 Å². The molecule has 0 spiro atoms. The molecule has 0 unspecified atom stereocenters. The van der Waals surface area contributed by atoms with Crippen molar-refractivity contribution in [2.45, 2.75) is 65.0 Å². The summed E-state index contributed by atoms with van der Waals surface area (Å²) in [4.78, 5) is 7.28. The van der Waals surface area contributed by atoms with Crippen molar-refractivity contribution in [3.05, 3.63) is 22.8 Å². The Morgan fingerprint density at radius 3 is 2.67 bits per heavy atom. The monoisotopic (exact) mass is 309 g/mol. The Morgan fingerprint density at radius 2 is 2.00 bits per heavy atom. The van der Waals surface area contributed by atoms with Gasteiger partial charge in [-0.25, -0.2) is 4.98 Å². The fourth-order valence-corrected chi connectivity index (χ4v) is 3.31. The van der Waals surface area contributed by atoms with Crippen molar-refractivity contribution in [1.29, 1.82) is 0 Å². The van der Waals surface area contributed by atoms with Gasteiger partial charge in [0.05, 0.1) is 10.7 Å². The van der Waals surface area contributed by atoms with Crippen LogP contribution in [0.4, 0.5) is 5.82 Å². The quantitative estimate of drug-likeness (QED) is 0.757. The third-order valence-electron chi connectivity index (χ3n) is 4.27. The molecule has 118 valence electrons. The van der Waals surface area contributed by atoms with Crippen LogP contribution >= 0.6 is 11.6 Å². The average molecular weight is 310 g/mol. The van der Waals surface area contributed by atoms with Crippen molar-refractivity contribution >= 4 is 17.4 Å². The SMILES string of the molecule is CCCNCc1nc(N(CC)C2CCCCC2)ccc1Cl. The molecule has 21 heavy (non-hydrogen) atoms. The van der Waals surface area contributed by atoms with Crippen LogP contribution in [0.2, 0.25) is 5.02 Å². The van der Waals surface area contributed by atoms with Crippen LogP contribution in [-0.2, 0) is 6.54 Å². The van der Waals surface area contributed by atoms with Gasteiger partial charge in [0.2, 0.25) is 0 Å². The van der Waals surface area contributed by atoms with E-state index in [0.29, 0.717) is 6.04 Å². The normalized spacial score (nSPS) is 16.1. The number of halogens is 1. The molecule has 1 aliphatic carbocycles. The Hall–Kier alpha value is -0.800. The van der Waals surface area contributed by atoms with Gasteiger partial charge in [0.15, 0.2) is 0 Å². The van der Waals surface area contributed by atoms with Gasteiger partial charge in [-0.05, 0) is 44.9 Å². The fourth-order valence-electron chi connectivity index (χ4n) is 3.14. The first-order valence-corrected chi connectivity index (χ1v) is 8.76. The molecular formula is C17H28ClN3. The van der Waals surface area contributed by atoms with Crippen molar-refractivity contribution in [3.63, 3.8) is 0 Å². The van der Waals surface area contributed by atoms with E-state index in [1.807, 2.05) is 6.07 Å². The Morgan fingerprint density at radius 1 is 1.24 bits per heavy atom. The van der Waals surface area contributed by atoms with E-state index in [9.17, 15) is 0 Å². The van der Waals surface area contributed by atoms with E-state index >= 15 is 0 Å². The summed E-state index contributed by atoms with van der Waals surface area (Å²) in [5.74, 6) is 1.09. The molecule has 3 nitrogen and oxygen atoms in total. The molecule has 1 aliphatic rings. The van der Waals surface area contributed by atoms with Crippen molar-refractivity contribution in [2.24, 2.45) is 0 Å². The van der Waals surface area contributed by atoms with Gasteiger partial charge in [0.25, 0.3) is 0 Å². The van der Waals surface area contributed by atoms with Crippen LogP contribution in [0.1, 0.15) is 58.1 Å². The lowest BCUT2D eigenvalue weighted by Gasteiger charge is -2.34. The van der Waals surface area contributed by atoms with Gasteiger partial charge >= 0.3 is 0 Å². The van der Waals surface area contributed by atoms with E-state index < -0.39 is 0 Å². The van der Waals surface area contributed by atoms with Crippen LogP contribution in [-0.4, -0.2) is 24.1 Å². The van der Waals surface area contributed by atoms with Gasteiger partial charge < -0.3 is 10.2 Å². The van der Waals surface area contributed by atoms with Gasteiger partial charge in [-0.15, -0.1) is 0 Å². The number of hydrogen-bond acceptors (Lipinski definition) is 3. The molecule has 1 fully saturated rings. The lowest BCUT2D eigenvalue weighted by atomic mass is 9.94. The number of rotatable bonds is 7. The average Bonchev–Trinajstić information content (AvgIpc) is 2.52. The minimum atomic E-state index is 0.647. The predicted octanol–water partition coefficient (Wildman–Crippen LogP) is 4.39. The van der Waals surface area contributed by atoms with Crippen LogP contribution in [0.3, 0.4) is 0 Å². The van der Waals surface area contributed by atoms with E-state index in [4.69, 9.17) is 16.6 Å². The molecule has 1 aromatic rings. The van der Waals surface area contributed by atoms with Crippen molar-refractivity contribution < 1.29 is 0 Å². The maximum atomic E-state index is 6.29. The number of nitrogens with zero attached hydrogens (tertiary/aromatic N) is 2. The molecule has 0 saturated heterocycles. The van der Waals surface area contributed by atoms with Crippen LogP contribution in [0.15, 0.2) is 12.1 Å². The van der Waals surface area contributed by atoms with Crippen molar-refractivity contribution in [3.8, 4) is 0 Å². The zero-order chi connectivity index (χ0) is 15.1. The first-order chi connectivity index (χ1) is 10.3. The molecule has 1 aromatic heterocycles. The van der Waals surface area contributed by atoms with Gasteiger partial charge in [-0.2, -0.15) is 0 Å². The highest BCUT2D eigenvalue weighted by atomic mass is 35.5. The summed E-state index contributed by atoms with van der Waals surface area (Å²) < 4.78 is 0. The fraction of sp³-hybridized carbons (Fsp3) is 0.706. The van der Waals surface area contributed by atoms with Crippen molar-refractivity contribution in [1.82, 2.24) is 10.3 Å². The van der Waals surface area contributed by atoms with Crippen LogP contribution < -0.4 is 10.2 Å². The van der Waals surface area contributed by atoms with Gasteiger partial charge in [-0.1, -0.05) is 37.8 Å². The summed E-state index contributed by atoms with van der Waals surface area (Å²) in [5, 5.41) is 4.16. The third-order valence-corrected chi connectivity index (χ3v) is 4.62. The molecule has 1 saturated carbocycles. The van der Waals surface area contributed by atoms with Gasteiger partial charge in [0, 0.05) is 19.1 Å². The van der Waals surface area contributed by atoms with E-state index in [0.717, 1.165) is 42.6 Å². The smallest absolute Gasteiger partial charge is 0.129 e. The predicted molar refractivity (Wildman–Crippen MR) is 91.1 cm³/mol. The standard InChI is InChI=1S/C17H28ClN3/c1-3-12-19-13-16-15(18)10-11-17(20-16)21(4-2)14-8-6-5-7-9-14/h10-11,14,19H,3-9,12-13H2,1-2H3. The maximum Gasteiger partial charge on any atom is 0.129 e. The third kappa shape index (κ3) is 4.58. The number of hydrogen-bond donors (Lipinski definition) is 1. The molecule has 0 amide bonds. The summed E-state index contributed by atoms with van der Waals surface area (Å²) in [6.45, 7) is 7.16. The van der Waals surface area contributed by atoms with E-state index in [2.05, 4.69) is 30.1 Å². The molecule has 1 N–H and O–H groups in total. The number of anilines is 1. The number of nitrogens with one attached hydrogen (secondary N) is 1. The van der Waals surface area contributed by atoms with Crippen molar-refractivity contribution in [2.75, 3.05) is 18.0 Å². The van der Waals surface area contributed by atoms with Crippen LogP contribution in [0, 0.1) is 0 Å². The summed E-state index contributed by atoms with van der Waals surface area (Å²) in [7, 11) is 0. The van der Waals surface area contributed by atoms with E-state index in [-0.39, 0.29) is 0 Å². The zero-order valence-corrected chi connectivity index (χ0v) is 14.1. The first kappa shape index (κ1) is 16.6. The maximum absolute atomic E-state index is 6.29. The second-order valence-corrected chi connectivity index (χ2v) is 6.26. The Kier molecular flexibility index (Phi) is 6.78. The molecule has 1 heterocycles. The summed E-state index contributed by atoms with van der Waals surface area (Å²) in [5.41, 5.74) is 0.969. The summed E-state index contributed by atoms with van der Waals surface area (Å²) in [6, 6.07) is 4.72. The molecule has 2 rings (SSSR count). The van der Waals surface area contributed by atoms with Gasteiger partial charge in [0.1, 0.15) is 5.82 Å². The Balaban J connectivity index is 2.11. The summed E-state index contributed by atoms with van der Waals surface area (Å²) in [6.07, 6.45) is 7.79. The van der Waals surface area contributed by atoms with E-state index in [1.165, 1.54) is 32.1 Å². The van der Waals surface area contributed by atoms with Gasteiger partial charge in [-0.3, -0.25) is 0 Å². The number of aromatic nitrogens is 1. The highest BCUT2D eigenvalue weighted by molar-refractivity contribution is 6.31. The lowest BCUT2D eigenvalue weighted by Crippen LogP contribution is -2.37. The molecule has 4 heteroatoms. The Bertz CT molecular complexity index is 430. The largest absolute Gasteiger partial charge is 0.354 e. The molecule has 0 aliphatic heterocycles. The summed E-state index contributed by atoms with van der Waals surface area (Å²) >= 11 is 6.29. The number of pyridine rings is 1. The second-order valence-electron chi connectivity index (χ2n) is 5.85. The zero-order valence-electron chi connectivity index (χ0n) is 13.4. The Labute approximate surface area is 134 Å². The second kappa shape index (κ2) is 8.60. The molecular weight excluding hydrogens is 282 g/mol. The first-order valence-electron chi connectivity index (χ1n) is 8.39. The highest BCUT2D eigenvalue weighted by Crippen LogP contribution is 2.27. The topological polar surface area (TPSA) is 28.2 Å².